The fourth-order valence-corrected chi connectivity index (χ4v) is 2.68. The fraction of sp³-hybridized carbons (Fsp3) is 0.438. The molecule has 1 aromatic carbocycles. The molecule has 0 amide bonds. The van der Waals surface area contributed by atoms with Crippen molar-refractivity contribution in [3.8, 4) is 11.5 Å². The van der Waals surface area contributed by atoms with Crippen LogP contribution in [0.5, 0.6) is 0 Å². The molecule has 5 heteroatoms. The lowest BCUT2D eigenvalue weighted by atomic mass is 10.0. The third-order valence-electron chi connectivity index (χ3n) is 3.93. The molecule has 1 fully saturated rings. The number of likely N-dealkylation sites (tertiary alicyclic amines) is 1. The third-order valence-corrected chi connectivity index (χ3v) is 3.93. The number of piperidine rings is 1. The van der Waals surface area contributed by atoms with Gasteiger partial charge >= 0.3 is 0 Å². The molecule has 2 aromatic rings. The van der Waals surface area contributed by atoms with Gasteiger partial charge in [-0.05, 0) is 38.4 Å². The van der Waals surface area contributed by atoms with E-state index in [0.29, 0.717) is 18.3 Å². The predicted molar refractivity (Wildman–Crippen MR) is 78.6 cm³/mol. The van der Waals surface area contributed by atoms with Gasteiger partial charge in [0, 0.05) is 5.56 Å². The normalized spacial score (nSPS) is 19.6. The highest BCUT2D eigenvalue weighted by molar-refractivity contribution is 5.57. The van der Waals surface area contributed by atoms with E-state index in [1.54, 1.807) is 0 Å². The minimum Gasteiger partial charge on any atom is -0.334 e. The summed E-state index contributed by atoms with van der Waals surface area (Å²) in [5.41, 5.74) is 2.12. The number of carbonyl (C=O) groups excluding carboxylic acids is 1. The van der Waals surface area contributed by atoms with E-state index in [1.807, 2.05) is 31.2 Å². The van der Waals surface area contributed by atoms with Crippen LogP contribution in [0.15, 0.2) is 28.8 Å². The standard InChI is InChI=1S/C16H19N3O2/c1-12-5-7-13(8-6-12)16-17-15(18-21-16)10-19-9-3-2-4-14(19)11-20/h5-8,11,14H,2-4,9-10H2,1H3. The molecule has 1 saturated heterocycles. The molecule has 0 spiro atoms. The summed E-state index contributed by atoms with van der Waals surface area (Å²) in [7, 11) is 0. The molecule has 110 valence electrons. The number of hydrogen-bond donors (Lipinski definition) is 0. The Bertz CT molecular complexity index is 606. The predicted octanol–water partition coefficient (Wildman–Crippen LogP) is 2.60. The molecule has 1 aromatic heterocycles. The molecule has 1 unspecified atom stereocenters. The van der Waals surface area contributed by atoms with E-state index < -0.39 is 0 Å². The summed E-state index contributed by atoms with van der Waals surface area (Å²) in [5, 5.41) is 4.03. The molecule has 21 heavy (non-hydrogen) atoms. The molecule has 2 heterocycles. The van der Waals surface area contributed by atoms with E-state index in [-0.39, 0.29) is 6.04 Å². The zero-order valence-corrected chi connectivity index (χ0v) is 12.2. The van der Waals surface area contributed by atoms with Crippen LogP contribution in [0.3, 0.4) is 0 Å². The fourth-order valence-electron chi connectivity index (χ4n) is 2.68. The number of hydrogen-bond acceptors (Lipinski definition) is 5. The summed E-state index contributed by atoms with van der Waals surface area (Å²) < 4.78 is 5.32. The van der Waals surface area contributed by atoms with E-state index in [4.69, 9.17) is 4.52 Å². The van der Waals surface area contributed by atoms with E-state index >= 15 is 0 Å². The quantitative estimate of drug-likeness (QED) is 0.808. The number of rotatable bonds is 4. The van der Waals surface area contributed by atoms with Crippen molar-refractivity contribution in [1.29, 1.82) is 0 Å². The Labute approximate surface area is 124 Å². The molecule has 1 atom stereocenters. The van der Waals surface area contributed by atoms with Crippen LogP contribution in [0.1, 0.15) is 30.7 Å². The Morgan fingerprint density at radius 1 is 1.33 bits per heavy atom. The number of aldehydes is 1. The molecule has 0 aliphatic carbocycles. The lowest BCUT2D eigenvalue weighted by Crippen LogP contribution is -2.40. The largest absolute Gasteiger partial charge is 0.334 e. The molecule has 1 aliphatic heterocycles. The number of carbonyl (C=O) groups is 1. The maximum absolute atomic E-state index is 11.1. The number of aromatic nitrogens is 2. The van der Waals surface area contributed by atoms with Crippen molar-refractivity contribution in [2.24, 2.45) is 0 Å². The number of benzene rings is 1. The minimum atomic E-state index is -0.0138. The van der Waals surface area contributed by atoms with Gasteiger partial charge in [-0.25, -0.2) is 0 Å². The van der Waals surface area contributed by atoms with Crippen LogP contribution in [0.4, 0.5) is 0 Å². The molecule has 0 N–H and O–H groups in total. The lowest BCUT2D eigenvalue weighted by Gasteiger charge is -2.30. The van der Waals surface area contributed by atoms with Gasteiger partial charge in [-0.1, -0.05) is 29.3 Å². The summed E-state index contributed by atoms with van der Waals surface area (Å²) in [6.07, 6.45) is 4.18. The van der Waals surface area contributed by atoms with Gasteiger partial charge < -0.3 is 9.32 Å². The first kappa shape index (κ1) is 13.9. The third kappa shape index (κ3) is 3.19. The minimum absolute atomic E-state index is 0.0138. The zero-order chi connectivity index (χ0) is 14.7. The maximum Gasteiger partial charge on any atom is 0.257 e. The van der Waals surface area contributed by atoms with Crippen molar-refractivity contribution < 1.29 is 9.32 Å². The first-order valence-corrected chi connectivity index (χ1v) is 7.35. The average molecular weight is 285 g/mol. The maximum atomic E-state index is 11.1. The lowest BCUT2D eigenvalue weighted by molar-refractivity contribution is -0.113. The molecule has 0 radical (unpaired) electrons. The van der Waals surface area contributed by atoms with E-state index in [2.05, 4.69) is 15.0 Å². The highest BCUT2D eigenvalue weighted by Gasteiger charge is 2.23. The molecule has 1 aliphatic rings. The Balaban J connectivity index is 1.72. The summed E-state index contributed by atoms with van der Waals surface area (Å²) in [6.45, 7) is 3.52. The summed E-state index contributed by atoms with van der Waals surface area (Å²) in [4.78, 5) is 17.7. The van der Waals surface area contributed by atoms with Crippen molar-refractivity contribution in [3.63, 3.8) is 0 Å². The molecule has 5 nitrogen and oxygen atoms in total. The average Bonchev–Trinajstić information content (AvgIpc) is 2.97. The van der Waals surface area contributed by atoms with Crippen LogP contribution < -0.4 is 0 Å². The number of aryl methyl sites for hydroxylation is 1. The molecule has 0 bridgehead atoms. The van der Waals surface area contributed by atoms with Crippen LogP contribution in [0, 0.1) is 6.92 Å². The van der Waals surface area contributed by atoms with Crippen LogP contribution in [0.25, 0.3) is 11.5 Å². The van der Waals surface area contributed by atoms with Crippen molar-refractivity contribution in [2.45, 2.75) is 38.8 Å². The highest BCUT2D eigenvalue weighted by atomic mass is 16.5. The second kappa shape index (κ2) is 6.18. The highest BCUT2D eigenvalue weighted by Crippen LogP contribution is 2.20. The van der Waals surface area contributed by atoms with Gasteiger partial charge in [-0.2, -0.15) is 4.98 Å². The van der Waals surface area contributed by atoms with Gasteiger partial charge in [0.2, 0.25) is 0 Å². The second-order valence-electron chi connectivity index (χ2n) is 5.55. The van der Waals surface area contributed by atoms with Crippen molar-refractivity contribution in [3.05, 3.63) is 35.7 Å². The first-order chi connectivity index (χ1) is 10.3. The Morgan fingerprint density at radius 3 is 2.90 bits per heavy atom. The first-order valence-electron chi connectivity index (χ1n) is 7.35. The SMILES string of the molecule is Cc1ccc(-c2nc(CN3CCCCC3C=O)no2)cc1. The number of nitrogens with zero attached hydrogens (tertiary/aromatic N) is 3. The molecular weight excluding hydrogens is 266 g/mol. The summed E-state index contributed by atoms with van der Waals surface area (Å²) in [5.74, 6) is 1.17. The van der Waals surface area contributed by atoms with Crippen LogP contribution >= 0.6 is 0 Å². The van der Waals surface area contributed by atoms with Crippen LogP contribution in [0.2, 0.25) is 0 Å². The molecule has 3 rings (SSSR count). The van der Waals surface area contributed by atoms with Gasteiger partial charge in [-0.3, -0.25) is 4.90 Å². The topological polar surface area (TPSA) is 59.2 Å². The van der Waals surface area contributed by atoms with Gasteiger partial charge in [0.15, 0.2) is 5.82 Å². The van der Waals surface area contributed by atoms with E-state index in [9.17, 15) is 4.79 Å². The Hall–Kier alpha value is -2.01. The van der Waals surface area contributed by atoms with Crippen LogP contribution in [-0.4, -0.2) is 33.9 Å². The van der Waals surface area contributed by atoms with Gasteiger partial charge in [0.05, 0.1) is 12.6 Å². The monoisotopic (exact) mass is 285 g/mol. The molecular formula is C16H19N3O2. The smallest absolute Gasteiger partial charge is 0.257 e. The Morgan fingerprint density at radius 2 is 2.14 bits per heavy atom. The van der Waals surface area contributed by atoms with Crippen molar-refractivity contribution in [2.75, 3.05) is 6.54 Å². The van der Waals surface area contributed by atoms with E-state index in [0.717, 1.165) is 37.7 Å². The van der Waals surface area contributed by atoms with Crippen LogP contribution in [-0.2, 0) is 11.3 Å². The van der Waals surface area contributed by atoms with Gasteiger partial charge in [-0.15, -0.1) is 0 Å². The van der Waals surface area contributed by atoms with E-state index in [1.165, 1.54) is 5.56 Å². The van der Waals surface area contributed by atoms with Gasteiger partial charge in [0.25, 0.3) is 5.89 Å². The summed E-state index contributed by atoms with van der Waals surface area (Å²) >= 11 is 0. The van der Waals surface area contributed by atoms with Crippen molar-refractivity contribution in [1.82, 2.24) is 15.0 Å². The van der Waals surface area contributed by atoms with Crippen molar-refractivity contribution >= 4 is 6.29 Å². The Kier molecular flexibility index (Phi) is 4.10. The van der Waals surface area contributed by atoms with Gasteiger partial charge in [0.1, 0.15) is 6.29 Å². The zero-order valence-electron chi connectivity index (χ0n) is 12.2. The molecule has 0 saturated carbocycles. The second-order valence-corrected chi connectivity index (χ2v) is 5.55. The summed E-state index contributed by atoms with van der Waals surface area (Å²) in [6, 6.07) is 7.97.